The van der Waals surface area contributed by atoms with Gasteiger partial charge in [-0.2, -0.15) is 0 Å². The molecule has 2 aromatic rings. The molecule has 29 heavy (non-hydrogen) atoms. The number of para-hydroxylation sites is 1. The first-order valence-electron chi connectivity index (χ1n) is 10.2. The highest BCUT2D eigenvalue weighted by molar-refractivity contribution is 5.74. The number of likely N-dealkylation sites (tertiary alicyclic amines) is 1. The highest BCUT2D eigenvalue weighted by Gasteiger charge is 2.26. The Kier molecular flexibility index (Phi) is 7.69. The van der Waals surface area contributed by atoms with Crippen LogP contribution >= 0.6 is 0 Å². The van der Waals surface area contributed by atoms with Crippen LogP contribution in [0, 0.1) is 0 Å². The van der Waals surface area contributed by atoms with Crippen molar-refractivity contribution < 1.29 is 14.3 Å². The molecule has 156 valence electrons. The van der Waals surface area contributed by atoms with Crippen molar-refractivity contribution in [1.82, 2.24) is 20.5 Å². The standard InChI is InChI=1S/C22H30N4O3/c1-3-29-21-17(9-8-12-23-21)15-24-22(27)25-16-19(26-13-6-7-14-26)18-10-4-5-11-20(18)28-2/h4-5,8-12,19H,3,6-7,13-16H2,1-2H3,(H2,24,25,27). The van der Waals surface area contributed by atoms with Gasteiger partial charge in [-0.25, -0.2) is 9.78 Å². The highest BCUT2D eigenvalue weighted by atomic mass is 16.5. The fraction of sp³-hybridized carbons (Fsp3) is 0.455. The lowest BCUT2D eigenvalue weighted by Crippen LogP contribution is -2.41. The topological polar surface area (TPSA) is 75.7 Å². The Labute approximate surface area is 172 Å². The van der Waals surface area contributed by atoms with Crippen LogP contribution in [0.5, 0.6) is 11.6 Å². The summed E-state index contributed by atoms with van der Waals surface area (Å²) in [5, 5.41) is 5.93. The van der Waals surface area contributed by atoms with Crippen LogP contribution in [0.3, 0.4) is 0 Å². The van der Waals surface area contributed by atoms with Crippen LogP contribution in [-0.2, 0) is 6.54 Å². The monoisotopic (exact) mass is 398 g/mol. The molecule has 1 saturated heterocycles. The number of pyridine rings is 1. The van der Waals surface area contributed by atoms with E-state index in [0.29, 0.717) is 25.6 Å². The number of urea groups is 1. The number of amides is 2. The maximum Gasteiger partial charge on any atom is 0.315 e. The molecule has 2 amide bonds. The van der Waals surface area contributed by atoms with Crippen molar-refractivity contribution in [2.75, 3.05) is 33.4 Å². The number of carbonyl (C=O) groups is 1. The molecule has 2 heterocycles. The highest BCUT2D eigenvalue weighted by Crippen LogP contribution is 2.31. The number of carbonyl (C=O) groups excluding carboxylic acids is 1. The van der Waals surface area contributed by atoms with E-state index in [9.17, 15) is 4.79 Å². The molecule has 7 heteroatoms. The normalized spacial score (nSPS) is 15.0. The SMILES string of the molecule is CCOc1ncccc1CNC(=O)NCC(c1ccccc1OC)N1CCCC1. The predicted molar refractivity (Wildman–Crippen MR) is 112 cm³/mol. The summed E-state index contributed by atoms with van der Waals surface area (Å²) in [6, 6.07) is 11.6. The first kappa shape index (κ1) is 20.9. The van der Waals surface area contributed by atoms with Crippen LogP contribution < -0.4 is 20.1 Å². The molecule has 1 atom stereocenters. The van der Waals surface area contributed by atoms with Gasteiger partial charge in [-0.1, -0.05) is 24.3 Å². The Balaban J connectivity index is 1.61. The molecule has 1 fully saturated rings. The number of methoxy groups -OCH3 is 1. The average molecular weight is 399 g/mol. The molecule has 2 N–H and O–H groups in total. The molecule has 3 rings (SSSR count). The Bertz CT molecular complexity index is 793. The lowest BCUT2D eigenvalue weighted by atomic mass is 10.0. The van der Waals surface area contributed by atoms with Crippen molar-refractivity contribution in [2.24, 2.45) is 0 Å². The third-order valence-corrected chi connectivity index (χ3v) is 5.11. The Hall–Kier alpha value is -2.80. The zero-order valence-electron chi connectivity index (χ0n) is 17.2. The lowest BCUT2D eigenvalue weighted by Gasteiger charge is -2.29. The average Bonchev–Trinajstić information content (AvgIpc) is 3.28. The zero-order chi connectivity index (χ0) is 20.5. The van der Waals surface area contributed by atoms with Gasteiger partial charge < -0.3 is 20.1 Å². The van der Waals surface area contributed by atoms with Gasteiger partial charge in [-0.15, -0.1) is 0 Å². The minimum absolute atomic E-state index is 0.0803. The van der Waals surface area contributed by atoms with E-state index in [1.165, 1.54) is 12.8 Å². The maximum absolute atomic E-state index is 12.5. The molecular weight excluding hydrogens is 368 g/mol. The Morgan fingerprint density at radius 1 is 1.17 bits per heavy atom. The van der Waals surface area contributed by atoms with Gasteiger partial charge in [0.15, 0.2) is 0 Å². The summed E-state index contributed by atoms with van der Waals surface area (Å²) >= 11 is 0. The summed E-state index contributed by atoms with van der Waals surface area (Å²) in [7, 11) is 1.68. The summed E-state index contributed by atoms with van der Waals surface area (Å²) in [5.74, 6) is 1.41. The van der Waals surface area contributed by atoms with Crippen molar-refractivity contribution in [3.05, 3.63) is 53.7 Å². The second kappa shape index (κ2) is 10.7. The fourth-order valence-electron chi connectivity index (χ4n) is 3.68. The quantitative estimate of drug-likeness (QED) is 0.679. The van der Waals surface area contributed by atoms with Gasteiger partial charge in [0.1, 0.15) is 5.75 Å². The number of nitrogens with one attached hydrogen (secondary N) is 2. The summed E-state index contributed by atoms with van der Waals surface area (Å²) in [5.41, 5.74) is 1.95. The molecule has 0 bridgehead atoms. The van der Waals surface area contributed by atoms with Crippen LogP contribution in [0.25, 0.3) is 0 Å². The predicted octanol–water partition coefficient (Wildman–Crippen LogP) is 3.13. The van der Waals surface area contributed by atoms with Crippen molar-refractivity contribution in [3.63, 3.8) is 0 Å². The van der Waals surface area contributed by atoms with Gasteiger partial charge in [-0.3, -0.25) is 4.90 Å². The van der Waals surface area contributed by atoms with Gasteiger partial charge in [0, 0.05) is 30.4 Å². The molecule has 7 nitrogen and oxygen atoms in total. The molecule has 1 aromatic heterocycles. The van der Waals surface area contributed by atoms with Crippen molar-refractivity contribution in [3.8, 4) is 11.6 Å². The van der Waals surface area contributed by atoms with E-state index >= 15 is 0 Å². The van der Waals surface area contributed by atoms with Crippen LogP contribution in [0.2, 0.25) is 0 Å². The number of nitrogens with zero attached hydrogens (tertiary/aromatic N) is 2. The van der Waals surface area contributed by atoms with Gasteiger partial charge in [0.05, 0.1) is 19.8 Å². The van der Waals surface area contributed by atoms with Crippen LogP contribution in [0.4, 0.5) is 4.79 Å². The van der Waals surface area contributed by atoms with E-state index in [4.69, 9.17) is 9.47 Å². The largest absolute Gasteiger partial charge is 0.496 e. The lowest BCUT2D eigenvalue weighted by molar-refractivity contribution is 0.218. The zero-order valence-corrected chi connectivity index (χ0v) is 17.2. The van der Waals surface area contributed by atoms with Gasteiger partial charge in [-0.05, 0) is 45.0 Å². The summed E-state index contributed by atoms with van der Waals surface area (Å²) in [6.45, 7) is 5.37. The van der Waals surface area contributed by atoms with Gasteiger partial charge >= 0.3 is 6.03 Å². The Morgan fingerprint density at radius 3 is 2.72 bits per heavy atom. The second-order valence-corrected chi connectivity index (χ2v) is 6.97. The maximum atomic E-state index is 12.5. The summed E-state index contributed by atoms with van der Waals surface area (Å²) < 4.78 is 11.1. The summed E-state index contributed by atoms with van der Waals surface area (Å²) in [4.78, 5) is 19.1. The molecular formula is C22H30N4O3. The second-order valence-electron chi connectivity index (χ2n) is 6.97. The number of aromatic nitrogens is 1. The van der Waals surface area contributed by atoms with E-state index in [1.54, 1.807) is 13.3 Å². The van der Waals surface area contributed by atoms with Gasteiger partial charge in [0.2, 0.25) is 5.88 Å². The van der Waals surface area contributed by atoms with Crippen molar-refractivity contribution in [2.45, 2.75) is 32.4 Å². The number of rotatable bonds is 9. The van der Waals surface area contributed by atoms with Crippen molar-refractivity contribution in [1.29, 1.82) is 0 Å². The molecule has 1 aromatic carbocycles. The number of benzene rings is 1. The molecule has 0 aliphatic carbocycles. The van der Waals surface area contributed by atoms with Gasteiger partial charge in [0.25, 0.3) is 0 Å². The van der Waals surface area contributed by atoms with E-state index < -0.39 is 0 Å². The third-order valence-electron chi connectivity index (χ3n) is 5.11. The summed E-state index contributed by atoms with van der Waals surface area (Å²) in [6.07, 6.45) is 4.04. The molecule has 0 saturated carbocycles. The van der Waals surface area contributed by atoms with Crippen LogP contribution in [0.15, 0.2) is 42.6 Å². The van der Waals surface area contributed by atoms with Crippen molar-refractivity contribution >= 4 is 6.03 Å². The minimum Gasteiger partial charge on any atom is -0.496 e. The number of hydrogen-bond donors (Lipinski definition) is 2. The minimum atomic E-state index is -0.213. The first-order valence-corrected chi connectivity index (χ1v) is 10.2. The number of hydrogen-bond acceptors (Lipinski definition) is 5. The van der Waals surface area contributed by atoms with E-state index in [0.717, 1.165) is 30.0 Å². The first-order chi connectivity index (χ1) is 14.2. The van der Waals surface area contributed by atoms with E-state index in [2.05, 4.69) is 26.6 Å². The smallest absolute Gasteiger partial charge is 0.315 e. The molecule has 1 unspecified atom stereocenters. The Morgan fingerprint density at radius 2 is 1.97 bits per heavy atom. The van der Waals surface area contributed by atoms with E-state index in [-0.39, 0.29) is 12.1 Å². The molecule has 1 aliphatic rings. The third kappa shape index (κ3) is 5.60. The molecule has 0 spiro atoms. The van der Waals surface area contributed by atoms with E-state index in [1.807, 2.05) is 37.3 Å². The van der Waals surface area contributed by atoms with Crippen LogP contribution in [0.1, 0.15) is 36.9 Å². The fourth-order valence-corrected chi connectivity index (χ4v) is 3.68. The molecule has 1 aliphatic heterocycles. The number of ether oxygens (including phenoxy) is 2. The van der Waals surface area contributed by atoms with Crippen LogP contribution in [-0.4, -0.2) is 49.3 Å². The molecule has 0 radical (unpaired) electrons.